The topological polar surface area (TPSA) is 76.4 Å². The second kappa shape index (κ2) is 9.38. The molecule has 0 radical (unpaired) electrons. The summed E-state index contributed by atoms with van der Waals surface area (Å²) in [6.45, 7) is 0.391. The maximum atomic E-state index is 11.1. The summed E-state index contributed by atoms with van der Waals surface area (Å²) in [5.74, 6) is 1.25. The molecular weight excluding hydrogens is 366 g/mol. The molecule has 1 fully saturated rings. The van der Waals surface area contributed by atoms with Crippen LogP contribution in [0.25, 0.3) is 0 Å². The lowest BCUT2D eigenvalue weighted by atomic mass is 9.79. The van der Waals surface area contributed by atoms with Gasteiger partial charge in [-0.2, -0.15) is 5.26 Å². The summed E-state index contributed by atoms with van der Waals surface area (Å²) in [7, 11) is 1.58. The fourth-order valence-corrected chi connectivity index (χ4v) is 4.32. The number of carbonyl (C=O) groups excluding carboxylic acids is 2. The van der Waals surface area contributed by atoms with Crippen LogP contribution in [0.4, 0.5) is 0 Å². The highest BCUT2D eigenvalue weighted by molar-refractivity contribution is 5.54. The van der Waals surface area contributed by atoms with Gasteiger partial charge in [-0.25, -0.2) is 0 Å². The third kappa shape index (κ3) is 4.48. The SMILES string of the molecule is COc1ccc(C2(C#N)C[C@@H](CC=O)[C@@H](CC=O)C2)cc1OCc1ccccc1. The predicted molar refractivity (Wildman–Crippen MR) is 109 cm³/mol. The van der Waals surface area contributed by atoms with E-state index in [4.69, 9.17) is 9.47 Å². The highest BCUT2D eigenvalue weighted by Gasteiger charge is 2.46. The highest BCUT2D eigenvalue weighted by Crippen LogP contribution is 2.50. The van der Waals surface area contributed by atoms with Crippen LogP contribution >= 0.6 is 0 Å². The molecule has 29 heavy (non-hydrogen) atoms. The minimum absolute atomic E-state index is 0.0353. The van der Waals surface area contributed by atoms with E-state index in [1.165, 1.54) is 0 Å². The van der Waals surface area contributed by atoms with Crippen LogP contribution in [0.15, 0.2) is 48.5 Å². The average Bonchev–Trinajstić information content (AvgIpc) is 3.12. The number of aldehydes is 2. The van der Waals surface area contributed by atoms with Crippen molar-refractivity contribution in [2.75, 3.05) is 7.11 Å². The van der Waals surface area contributed by atoms with Gasteiger partial charge in [-0.3, -0.25) is 0 Å². The standard InChI is InChI=1S/C24H25NO4/c1-28-22-8-7-21(13-23(22)29-16-18-5-3-2-4-6-18)24(17-25)14-19(9-11-26)20(15-24)10-12-27/h2-8,11-13,19-20H,9-10,14-16H2,1H3/t19-,20+,24?. The van der Waals surface area contributed by atoms with Crippen LogP contribution in [0, 0.1) is 23.2 Å². The molecule has 0 heterocycles. The smallest absolute Gasteiger partial charge is 0.161 e. The van der Waals surface area contributed by atoms with Crippen molar-refractivity contribution in [1.29, 1.82) is 5.26 Å². The van der Waals surface area contributed by atoms with Gasteiger partial charge in [0.15, 0.2) is 11.5 Å². The largest absolute Gasteiger partial charge is 0.493 e. The normalized spacial score (nSPS) is 23.2. The Morgan fingerprint density at radius 1 is 1.03 bits per heavy atom. The summed E-state index contributed by atoms with van der Waals surface area (Å²) in [5, 5.41) is 10.1. The van der Waals surface area contributed by atoms with Gasteiger partial charge in [0.2, 0.25) is 0 Å². The molecule has 5 nitrogen and oxygen atoms in total. The third-order valence-electron chi connectivity index (χ3n) is 5.85. The summed E-state index contributed by atoms with van der Waals surface area (Å²) in [6.07, 6.45) is 3.64. The van der Waals surface area contributed by atoms with Gasteiger partial charge in [-0.05, 0) is 47.9 Å². The summed E-state index contributed by atoms with van der Waals surface area (Å²) < 4.78 is 11.4. The lowest BCUT2D eigenvalue weighted by molar-refractivity contribution is -0.111. The summed E-state index contributed by atoms with van der Waals surface area (Å²) in [6, 6.07) is 17.9. The average molecular weight is 391 g/mol. The zero-order chi connectivity index (χ0) is 20.7. The molecule has 3 rings (SSSR count). The summed E-state index contributed by atoms with van der Waals surface area (Å²) in [4.78, 5) is 22.2. The molecule has 1 aliphatic rings. The fraction of sp³-hybridized carbons (Fsp3) is 0.375. The van der Waals surface area contributed by atoms with E-state index in [-0.39, 0.29) is 11.8 Å². The molecule has 150 valence electrons. The van der Waals surface area contributed by atoms with E-state index in [9.17, 15) is 14.9 Å². The van der Waals surface area contributed by atoms with Gasteiger partial charge in [-0.1, -0.05) is 36.4 Å². The third-order valence-corrected chi connectivity index (χ3v) is 5.85. The van der Waals surface area contributed by atoms with Crippen LogP contribution in [0.3, 0.4) is 0 Å². The van der Waals surface area contributed by atoms with E-state index in [0.717, 1.165) is 23.7 Å². The minimum Gasteiger partial charge on any atom is -0.493 e. The van der Waals surface area contributed by atoms with Gasteiger partial charge >= 0.3 is 0 Å². The van der Waals surface area contributed by atoms with Crippen molar-refractivity contribution in [3.63, 3.8) is 0 Å². The zero-order valence-corrected chi connectivity index (χ0v) is 16.5. The quantitative estimate of drug-likeness (QED) is 0.598. The predicted octanol–water partition coefficient (Wildman–Crippen LogP) is 4.24. The van der Waals surface area contributed by atoms with E-state index in [1.807, 2.05) is 48.5 Å². The number of ether oxygens (including phenoxy) is 2. The Balaban J connectivity index is 1.89. The van der Waals surface area contributed by atoms with Crippen LogP contribution in [-0.2, 0) is 21.6 Å². The van der Waals surface area contributed by atoms with Gasteiger partial charge < -0.3 is 19.1 Å². The number of hydrogen-bond acceptors (Lipinski definition) is 5. The van der Waals surface area contributed by atoms with Crippen molar-refractivity contribution in [1.82, 2.24) is 0 Å². The number of nitriles is 1. The Hall–Kier alpha value is -3.13. The Labute approximate surface area is 171 Å². The van der Waals surface area contributed by atoms with Crippen LogP contribution in [0.2, 0.25) is 0 Å². The Morgan fingerprint density at radius 2 is 1.69 bits per heavy atom. The Morgan fingerprint density at radius 3 is 2.24 bits per heavy atom. The fourth-order valence-electron chi connectivity index (χ4n) is 4.32. The molecule has 0 amide bonds. The minimum atomic E-state index is -0.738. The van der Waals surface area contributed by atoms with Crippen molar-refractivity contribution in [3.05, 3.63) is 59.7 Å². The Bertz CT molecular complexity index is 869. The maximum absolute atomic E-state index is 11.1. The van der Waals surface area contributed by atoms with Gasteiger partial charge in [0.05, 0.1) is 18.6 Å². The molecule has 1 unspecified atom stereocenters. The summed E-state index contributed by atoms with van der Waals surface area (Å²) >= 11 is 0. The van der Waals surface area contributed by atoms with Crippen molar-refractivity contribution >= 4 is 12.6 Å². The monoisotopic (exact) mass is 391 g/mol. The Kier molecular flexibility index (Phi) is 6.66. The second-order valence-electron chi connectivity index (χ2n) is 7.57. The van der Waals surface area contributed by atoms with Crippen LogP contribution in [-0.4, -0.2) is 19.7 Å². The second-order valence-corrected chi connectivity index (χ2v) is 7.57. The molecule has 0 N–H and O–H groups in total. The van der Waals surface area contributed by atoms with Gasteiger partial charge in [0, 0.05) is 12.8 Å². The number of hydrogen-bond donors (Lipinski definition) is 0. The molecular formula is C24H25NO4. The zero-order valence-electron chi connectivity index (χ0n) is 16.5. The molecule has 1 aliphatic carbocycles. The van der Waals surface area contributed by atoms with Gasteiger partial charge in [0.1, 0.15) is 19.2 Å². The van der Waals surface area contributed by atoms with E-state index < -0.39 is 5.41 Å². The van der Waals surface area contributed by atoms with Crippen LogP contribution in [0.1, 0.15) is 36.8 Å². The number of benzene rings is 2. The molecule has 5 heteroatoms. The number of methoxy groups -OCH3 is 1. The molecule has 0 bridgehead atoms. The molecule has 2 aromatic rings. The number of carbonyl (C=O) groups is 2. The lowest BCUT2D eigenvalue weighted by Crippen LogP contribution is -2.21. The van der Waals surface area contributed by atoms with Crippen molar-refractivity contribution in [3.8, 4) is 17.6 Å². The first-order valence-corrected chi connectivity index (χ1v) is 9.79. The van der Waals surface area contributed by atoms with Crippen LogP contribution < -0.4 is 9.47 Å². The molecule has 0 saturated heterocycles. The highest BCUT2D eigenvalue weighted by atomic mass is 16.5. The lowest BCUT2D eigenvalue weighted by Gasteiger charge is -2.23. The number of rotatable bonds is 9. The van der Waals surface area contributed by atoms with E-state index in [2.05, 4.69) is 6.07 Å². The van der Waals surface area contributed by atoms with E-state index in [1.54, 1.807) is 7.11 Å². The molecule has 0 spiro atoms. The molecule has 0 aliphatic heterocycles. The molecule has 2 aromatic carbocycles. The first-order chi connectivity index (χ1) is 14.2. The first-order valence-electron chi connectivity index (χ1n) is 9.79. The van der Waals surface area contributed by atoms with E-state index in [0.29, 0.717) is 43.8 Å². The number of nitrogens with zero attached hydrogens (tertiary/aromatic N) is 1. The van der Waals surface area contributed by atoms with Gasteiger partial charge in [0.25, 0.3) is 0 Å². The first kappa shape index (κ1) is 20.6. The maximum Gasteiger partial charge on any atom is 0.161 e. The molecule has 1 saturated carbocycles. The van der Waals surface area contributed by atoms with Crippen molar-refractivity contribution in [2.45, 2.75) is 37.7 Å². The van der Waals surface area contributed by atoms with Crippen molar-refractivity contribution < 1.29 is 19.1 Å². The van der Waals surface area contributed by atoms with E-state index >= 15 is 0 Å². The van der Waals surface area contributed by atoms with Gasteiger partial charge in [-0.15, -0.1) is 0 Å². The molecule has 0 aromatic heterocycles. The summed E-state index contributed by atoms with van der Waals surface area (Å²) in [5.41, 5.74) is 1.14. The molecule has 3 atom stereocenters. The van der Waals surface area contributed by atoms with Crippen LogP contribution in [0.5, 0.6) is 11.5 Å². The van der Waals surface area contributed by atoms with Crippen molar-refractivity contribution in [2.24, 2.45) is 11.8 Å².